The summed E-state index contributed by atoms with van der Waals surface area (Å²) < 4.78 is 0.795. The van der Waals surface area contributed by atoms with Crippen LogP contribution < -0.4 is 0 Å². The van der Waals surface area contributed by atoms with Gasteiger partial charge in [0.15, 0.2) is 0 Å². The van der Waals surface area contributed by atoms with Crippen molar-refractivity contribution < 1.29 is 14.7 Å². The van der Waals surface area contributed by atoms with Crippen LogP contribution in [0.15, 0.2) is 22.7 Å². The van der Waals surface area contributed by atoms with Crippen molar-refractivity contribution in [2.24, 2.45) is 5.92 Å². The van der Waals surface area contributed by atoms with Crippen molar-refractivity contribution in [1.29, 1.82) is 0 Å². The second kappa shape index (κ2) is 5.61. The highest BCUT2D eigenvalue weighted by Gasteiger charge is 2.47. The van der Waals surface area contributed by atoms with Crippen LogP contribution in [0.2, 0.25) is 5.02 Å². The minimum atomic E-state index is -0.856. The van der Waals surface area contributed by atoms with Gasteiger partial charge in [-0.25, -0.2) is 0 Å². The molecule has 1 amide bonds. The molecule has 1 heterocycles. The second-order valence-electron chi connectivity index (χ2n) is 5.63. The van der Waals surface area contributed by atoms with E-state index in [-0.39, 0.29) is 11.9 Å². The molecule has 2 atom stereocenters. The molecule has 1 saturated carbocycles. The van der Waals surface area contributed by atoms with Crippen LogP contribution in [0.1, 0.15) is 37.3 Å². The number of rotatable bonds is 3. The van der Waals surface area contributed by atoms with Crippen molar-refractivity contribution >= 4 is 39.4 Å². The van der Waals surface area contributed by atoms with Gasteiger partial charge in [-0.3, -0.25) is 9.59 Å². The fourth-order valence-electron chi connectivity index (χ4n) is 3.06. The third-order valence-corrected chi connectivity index (χ3v) is 5.13. The van der Waals surface area contributed by atoms with Crippen LogP contribution in [0.4, 0.5) is 0 Å². The Labute approximate surface area is 136 Å². The van der Waals surface area contributed by atoms with Gasteiger partial charge in [0.25, 0.3) is 0 Å². The topological polar surface area (TPSA) is 57.6 Å². The fraction of sp³-hybridized carbons (Fsp3) is 0.467. The Morgan fingerprint density at radius 1 is 1.33 bits per heavy atom. The number of carbonyl (C=O) groups excluding carboxylic acids is 1. The first-order valence-electron chi connectivity index (χ1n) is 6.98. The molecular weight excluding hydrogens is 358 g/mol. The van der Waals surface area contributed by atoms with E-state index in [1.54, 1.807) is 23.1 Å². The number of nitrogens with zero attached hydrogens (tertiary/aromatic N) is 1. The van der Waals surface area contributed by atoms with E-state index in [9.17, 15) is 14.7 Å². The minimum absolute atomic E-state index is 0.0480. The highest BCUT2D eigenvalue weighted by Crippen LogP contribution is 2.45. The van der Waals surface area contributed by atoms with Crippen LogP contribution in [0.3, 0.4) is 0 Å². The number of benzene rings is 1. The summed E-state index contributed by atoms with van der Waals surface area (Å²) >= 11 is 9.54. The Kier molecular flexibility index (Phi) is 3.97. The van der Waals surface area contributed by atoms with E-state index in [0.717, 1.165) is 22.9 Å². The molecule has 1 aromatic rings. The van der Waals surface area contributed by atoms with Crippen molar-refractivity contribution in [3.63, 3.8) is 0 Å². The third kappa shape index (κ3) is 2.81. The first kappa shape index (κ1) is 14.9. The summed E-state index contributed by atoms with van der Waals surface area (Å²) in [6.45, 7) is 0. The summed E-state index contributed by atoms with van der Waals surface area (Å²) in [5.41, 5.74) is 0.787. The summed E-state index contributed by atoms with van der Waals surface area (Å²) in [5.74, 6) is -1.39. The summed E-state index contributed by atoms with van der Waals surface area (Å²) in [4.78, 5) is 25.7. The highest BCUT2D eigenvalue weighted by atomic mass is 79.9. The van der Waals surface area contributed by atoms with Gasteiger partial charge in [0.05, 0.1) is 12.0 Å². The van der Waals surface area contributed by atoms with Gasteiger partial charge in [-0.05, 0) is 43.0 Å². The van der Waals surface area contributed by atoms with Crippen molar-refractivity contribution in [3.8, 4) is 0 Å². The standard InChI is InChI=1S/C15H15BrClNO3/c16-12-5-1-8(17)7-11(12)14-10(15(20)21)4-6-13(19)18(14)9-2-3-9/h1,5,7,9-10,14H,2-4,6H2,(H,20,21). The average Bonchev–Trinajstić information content (AvgIpc) is 3.25. The molecule has 6 heteroatoms. The number of likely N-dealkylation sites (tertiary alicyclic amines) is 1. The molecule has 0 bridgehead atoms. The van der Waals surface area contributed by atoms with E-state index >= 15 is 0 Å². The van der Waals surface area contributed by atoms with Crippen LogP contribution in [-0.4, -0.2) is 27.9 Å². The van der Waals surface area contributed by atoms with Crippen molar-refractivity contribution in [2.75, 3.05) is 0 Å². The van der Waals surface area contributed by atoms with Crippen molar-refractivity contribution in [1.82, 2.24) is 4.90 Å². The Balaban J connectivity index is 2.08. The largest absolute Gasteiger partial charge is 0.481 e. The molecule has 2 aliphatic rings. The first-order chi connectivity index (χ1) is 9.99. The van der Waals surface area contributed by atoms with E-state index in [1.807, 2.05) is 0 Å². The SMILES string of the molecule is O=C(O)C1CCC(=O)N(C2CC2)C1c1cc(Cl)ccc1Br. The number of carbonyl (C=O) groups is 2. The Morgan fingerprint density at radius 3 is 2.67 bits per heavy atom. The molecule has 1 aliphatic carbocycles. The lowest BCUT2D eigenvalue weighted by molar-refractivity contribution is -0.152. The molecule has 1 aliphatic heterocycles. The molecule has 2 fully saturated rings. The molecule has 0 aromatic heterocycles. The lowest BCUT2D eigenvalue weighted by Crippen LogP contribution is -2.46. The van der Waals surface area contributed by atoms with Crippen molar-refractivity contribution in [3.05, 3.63) is 33.3 Å². The number of hydrogen-bond donors (Lipinski definition) is 1. The molecule has 112 valence electrons. The smallest absolute Gasteiger partial charge is 0.308 e. The Morgan fingerprint density at radius 2 is 2.05 bits per heavy atom. The van der Waals surface area contributed by atoms with Crippen molar-refractivity contribution in [2.45, 2.75) is 37.8 Å². The normalized spacial score (nSPS) is 26.0. The second-order valence-corrected chi connectivity index (χ2v) is 6.92. The first-order valence-corrected chi connectivity index (χ1v) is 8.15. The predicted molar refractivity (Wildman–Crippen MR) is 82.1 cm³/mol. The van der Waals surface area contributed by atoms with Crippen LogP contribution in [0.5, 0.6) is 0 Å². The van der Waals surface area contributed by atoms with E-state index in [0.29, 0.717) is 17.9 Å². The third-order valence-electron chi connectivity index (χ3n) is 4.17. The molecule has 0 radical (unpaired) electrons. The molecule has 4 nitrogen and oxygen atoms in total. The average molecular weight is 373 g/mol. The minimum Gasteiger partial charge on any atom is -0.481 e. The van der Waals surface area contributed by atoms with Crippen LogP contribution in [0.25, 0.3) is 0 Å². The van der Waals surface area contributed by atoms with E-state index in [2.05, 4.69) is 15.9 Å². The Hall–Kier alpha value is -1.07. The molecule has 1 aromatic carbocycles. The summed E-state index contributed by atoms with van der Waals surface area (Å²) in [5, 5.41) is 10.1. The zero-order valence-corrected chi connectivity index (χ0v) is 13.6. The maximum atomic E-state index is 12.3. The lowest BCUT2D eigenvalue weighted by Gasteiger charge is -2.40. The van der Waals surface area contributed by atoms with Gasteiger partial charge in [0.1, 0.15) is 0 Å². The van der Waals surface area contributed by atoms with Crippen LogP contribution in [0, 0.1) is 5.92 Å². The maximum Gasteiger partial charge on any atom is 0.308 e. The number of piperidine rings is 1. The van der Waals surface area contributed by atoms with Gasteiger partial charge >= 0.3 is 5.97 Å². The molecular formula is C15H15BrClNO3. The van der Waals surface area contributed by atoms with Gasteiger partial charge in [-0.2, -0.15) is 0 Å². The fourth-order valence-corrected chi connectivity index (χ4v) is 3.73. The number of carboxylic acids is 1. The quantitative estimate of drug-likeness (QED) is 0.881. The van der Waals surface area contributed by atoms with E-state index in [4.69, 9.17) is 11.6 Å². The van der Waals surface area contributed by atoms with Gasteiger partial charge in [-0.1, -0.05) is 27.5 Å². The lowest BCUT2D eigenvalue weighted by atomic mass is 9.84. The molecule has 2 unspecified atom stereocenters. The Bertz CT molecular complexity index is 603. The van der Waals surface area contributed by atoms with Gasteiger partial charge in [-0.15, -0.1) is 0 Å². The molecule has 3 rings (SSSR count). The number of hydrogen-bond acceptors (Lipinski definition) is 2. The van der Waals surface area contributed by atoms with E-state index in [1.165, 1.54) is 0 Å². The summed E-state index contributed by atoms with van der Waals surface area (Å²) in [6, 6.07) is 5.05. The highest BCUT2D eigenvalue weighted by molar-refractivity contribution is 9.10. The number of amides is 1. The van der Waals surface area contributed by atoms with Gasteiger partial charge in [0.2, 0.25) is 5.91 Å². The zero-order valence-electron chi connectivity index (χ0n) is 11.3. The summed E-state index contributed by atoms with van der Waals surface area (Å²) in [7, 11) is 0. The monoisotopic (exact) mass is 371 g/mol. The number of aliphatic carboxylic acids is 1. The zero-order chi connectivity index (χ0) is 15.1. The number of carboxylic acid groups (broad SMARTS) is 1. The predicted octanol–water partition coefficient (Wildman–Crippen LogP) is 3.63. The van der Waals surface area contributed by atoms with Gasteiger partial charge in [0, 0.05) is 22.0 Å². The van der Waals surface area contributed by atoms with E-state index < -0.39 is 17.9 Å². The molecule has 1 N–H and O–H groups in total. The molecule has 21 heavy (non-hydrogen) atoms. The molecule has 1 saturated heterocycles. The van der Waals surface area contributed by atoms with Gasteiger partial charge < -0.3 is 10.0 Å². The number of halogens is 2. The van der Waals surface area contributed by atoms with Crippen LogP contribution in [-0.2, 0) is 9.59 Å². The summed E-state index contributed by atoms with van der Waals surface area (Å²) in [6.07, 6.45) is 2.59. The van der Waals surface area contributed by atoms with Crippen LogP contribution >= 0.6 is 27.5 Å². The molecule has 0 spiro atoms. The maximum absolute atomic E-state index is 12.3.